The molecule has 0 aliphatic heterocycles. The quantitative estimate of drug-likeness (QED) is 0.119. The molecule has 280 valence electrons. The molecule has 2 heteroatoms. The van der Waals surface area contributed by atoms with E-state index >= 15 is 0 Å². The predicted molar refractivity (Wildman–Crippen MR) is 253 cm³/mol. The van der Waals surface area contributed by atoms with Crippen LogP contribution in [0, 0.1) is 0 Å². The van der Waals surface area contributed by atoms with Crippen LogP contribution in [0.5, 0.6) is 0 Å². The van der Waals surface area contributed by atoms with Crippen molar-refractivity contribution in [2.45, 2.75) is 0 Å². The SMILES string of the molecule is c1ccc(-c2ccc(-c3ccc(-c4cc(-c5cccc(-c6cccc(-c7c8ccccc8cc8c7ccc7ccccc78)c6)c5)nc(-c5ccccc5)n4)cc3)cc2)cc1. The van der Waals surface area contributed by atoms with E-state index in [1.54, 1.807) is 0 Å². The number of aromatic nitrogens is 2. The molecule has 0 aliphatic rings. The molecule has 0 amide bonds. The third-order valence-electron chi connectivity index (χ3n) is 11.7. The van der Waals surface area contributed by atoms with Gasteiger partial charge in [0.05, 0.1) is 11.4 Å². The first-order valence-electron chi connectivity index (χ1n) is 20.5. The van der Waals surface area contributed by atoms with Crippen molar-refractivity contribution >= 4 is 32.3 Å². The third-order valence-corrected chi connectivity index (χ3v) is 11.7. The summed E-state index contributed by atoms with van der Waals surface area (Å²) in [7, 11) is 0. The van der Waals surface area contributed by atoms with Crippen LogP contribution in [0.2, 0.25) is 0 Å². The average Bonchev–Trinajstić information content (AvgIpc) is 3.34. The van der Waals surface area contributed by atoms with Crippen molar-refractivity contribution in [1.82, 2.24) is 9.97 Å². The fourth-order valence-electron chi connectivity index (χ4n) is 8.62. The van der Waals surface area contributed by atoms with Crippen LogP contribution in [-0.2, 0) is 0 Å². The molecule has 0 saturated heterocycles. The van der Waals surface area contributed by atoms with Crippen LogP contribution in [-0.4, -0.2) is 9.97 Å². The van der Waals surface area contributed by atoms with Gasteiger partial charge in [-0.3, -0.25) is 0 Å². The fourth-order valence-corrected chi connectivity index (χ4v) is 8.62. The minimum Gasteiger partial charge on any atom is -0.228 e. The molecule has 0 saturated carbocycles. The monoisotopic (exact) mass is 762 g/mol. The standard InChI is InChI=1S/C58H38N2/c1-3-13-39(14-4-1)40-25-27-41(28-26-40)42-29-31-44(32-30-42)55-38-56(60-58(59-55)45-16-5-2-6-17-45)49-21-11-19-46(35-49)47-20-12-22-50(36-47)57-52-24-10-8-18-48(52)37-54-51-23-9-7-15-43(51)33-34-53(54)57/h1-38H. The van der Waals surface area contributed by atoms with Gasteiger partial charge in [0.15, 0.2) is 5.82 Å². The van der Waals surface area contributed by atoms with E-state index in [-0.39, 0.29) is 0 Å². The lowest BCUT2D eigenvalue weighted by Gasteiger charge is -2.15. The highest BCUT2D eigenvalue weighted by Gasteiger charge is 2.15. The first-order valence-corrected chi connectivity index (χ1v) is 20.5. The molecule has 0 spiro atoms. The van der Waals surface area contributed by atoms with E-state index in [4.69, 9.17) is 9.97 Å². The van der Waals surface area contributed by atoms with Gasteiger partial charge in [-0.2, -0.15) is 0 Å². The van der Waals surface area contributed by atoms with Crippen LogP contribution in [0.1, 0.15) is 0 Å². The maximum Gasteiger partial charge on any atom is 0.160 e. The van der Waals surface area contributed by atoms with E-state index in [1.807, 2.05) is 18.2 Å². The lowest BCUT2D eigenvalue weighted by atomic mass is 9.88. The second kappa shape index (κ2) is 15.1. The molecule has 0 fully saturated rings. The molecule has 2 nitrogen and oxygen atoms in total. The van der Waals surface area contributed by atoms with E-state index in [0.29, 0.717) is 5.82 Å². The molecule has 0 N–H and O–H groups in total. The number of fused-ring (bicyclic) bond motifs is 4. The molecule has 0 unspecified atom stereocenters. The van der Waals surface area contributed by atoms with Gasteiger partial charge >= 0.3 is 0 Å². The molecular formula is C58H38N2. The summed E-state index contributed by atoms with van der Waals surface area (Å²) < 4.78 is 0. The second-order valence-corrected chi connectivity index (χ2v) is 15.4. The van der Waals surface area contributed by atoms with Gasteiger partial charge < -0.3 is 0 Å². The van der Waals surface area contributed by atoms with Crippen LogP contribution in [0.4, 0.5) is 0 Å². The fraction of sp³-hybridized carbons (Fsp3) is 0. The summed E-state index contributed by atoms with van der Waals surface area (Å²) in [5, 5.41) is 7.55. The lowest BCUT2D eigenvalue weighted by molar-refractivity contribution is 1.18. The van der Waals surface area contributed by atoms with Gasteiger partial charge in [-0.15, -0.1) is 0 Å². The predicted octanol–water partition coefficient (Wildman–Crippen LogP) is 15.6. The summed E-state index contributed by atoms with van der Waals surface area (Å²) in [4.78, 5) is 10.3. The Morgan fingerprint density at radius 2 is 0.683 bits per heavy atom. The zero-order valence-corrected chi connectivity index (χ0v) is 32.8. The summed E-state index contributed by atoms with van der Waals surface area (Å²) in [5.74, 6) is 0.700. The summed E-state index contributed by atoms with van der Waals surface area (Å²) in [6.45, 7) is 0. The molecule has 0 bridgehead atoms. The van der Waals surface area contributed by atoms with E-state index in [9.17, 15) is 0 Å². The highest BCUT2D eigenvalue weighted by atomic mass is 14.9. The summed E-state index contributed by atoms with van der Waals surface area (Å²) in [6.07, 6.45) is 0. The van der Waals surface area contributed by atoms with Crippen molar-refractivity contribution in [3.8, 4) is 78.4 Å². The van der Waals surface area contributed by atoms with Crippen molar-refractivity contribution < 1.29 is 0 Å². The number of benzene rings is 10. The largest absolute Gasteiger partial charge is 0.228 e. The van der Waals surface area contributed by atoms with Crippen molar-refractivity contribution in [1.29, 1.82) is 0 Å². The molecule has 0 aliphatic carbocycles. The lowest BCUT2D eigenvalue weighted by Crippen LogP contribution is -1.96. The highest BCUT2D eigenvalue weighted by molar-refractivity contribution is 6.20. The summed E-state index contributed by atoms with van der Waals surface area (Å²) in [6, 6.07) is 82.4. The Bertz CT molecular complexity index is 3330. The number of rotatable bonds is 7. The van der Waals surface area contributed by atoms with Crippen molar-refractivity contribution in [3.63, 3.8) is 0 Å². The Kier molecular flexibility index (Phi) is 8.87. The second-order valence-electron chi connectivity index (χ2n) is 15.4. The van der Waals surface area contributed by atoms with E-state index in [1.165, 1.54) is 60.1 Å². The van der Waals surface area contributed by atoms with Crippen LogP contribution in [0.25, 0.3) is 111 Å². The molecule has 60 heavy (non-hydrogen) atoms. The maximum atomic E-state index is 5.18. The van der Waals surface area contributed by atoms with Gasteiger partial charge in [0.25, 0.3) is 0 Å². The Morgan fingerprint density at radius 1 is 0.217 bits per heavy atom. The molecule has 11 aromatic rings. The van der Waals surface area contributed by atoms with Crippen LogP contribution in [0.3, 0.4) is 0 Å². The van der Waals surface area contributed by atoms with Crippen molar-refractivity contribution in [2.24, 2.45) is 0 Å². The van der Waals surface area contributed by atoms with E-state index in [2.05, 4.69) is 212 Å². The number of nitrogens with zero attached hydrogens (tertiary/aromatic N) is 2. The van der Waals surface area contributed by atoms with Crippen LogP contribution >= 0.6 is 0 Å². The minimum atomic E-state index is 0.700. The molecule has 10 aromatic carbocycles. The van der Waals surface area contributed by atoms with E-state index < -0.39 is 0 Å². The molecule has 0 atom stereocenters. The van der Waals surface area contributed by atoms with Gasteiger partial charge in [-0.25, -0.2) is 9.97 Å². The molecule has 1 heterocycles. The Labute approximate surface area is 349 Å². The van der Waals surface area contributed by atoms with Crippen LogP contribution < -0.4 is 0 Å². The zero-order valence-electron chi connectivity index (χ0n) is 32.8. The normalized spacial score (nSPS) is 11.3. The summed E-state index contributed by atoms with van der Waals surface area (Å²) in [5.41, 5.74) is 14.3. The van der Waals surface area contributed by atoms with Gasteiger partial charge in [0.2, 0.25) is 0 Å². The maximum absolute atomic E-state index is 5.18. The molecule has 1 aromatic heterocycles. The number of hydrogen-bond acceptors (Lipinski definition) is 2. The van der Waals surface area contributed by atoms with Crippen molar-refractivity contribution in [2.75, 3.05) is 0 Å². The van der Waals surface area contributed by atoms with Gasteiger partial charge in [-0.05, 0) is 101 Å². The Morgan fingerprint density at radius 3 is 1.35 bits per heavy atom. The molecule has 0 radical (unpaired) electrons. The topological polar surface area (TPSA) is 25.8 Å². The van der Waals surface area contributed by atoms with Crippen molar-refractivity contribution in [3.05, 3.63) is 231 Å². The Hall–Kier alpha value is -7.94. The first kappa shape index (κ1) is 35.2. The first-order chi connectivity index (χ1) is 29.7. The smallest absolute Gasteiger partial charge is 0.160 e. The third kappa shape index (κ3) is 6.61. The average molecular weight is 763 g/mol. The van der Waals surface area contributed by atoms with Gasteiger partial charge in [0, 0.05) is 16.7 Å². The minimum absolute atomic E-state index is 0.700. The van der Waals surface area contributed by atoms with Gasteiger partial charge in [0.1, 0.15) is 0 Å². The van der Waals surface area contributed by atoms with Crippen LogP contribution in [0.15, 0.2) is 231 Å². The molecular weight excluding hydrogens is 725 g/mol. The Balaban J connectivity index is 0.973. The number of hydrogen-bond donors (Lipinski definition) is 0. The summed E-state index contributed by atoms with van der Waals surface area (Å²) >= 11 is 0. The molecule has 11 rings (SSSR count). The highest BCUT2D eigenvalue weighted by Crippen LogP contribution is 2.41. The zero-order chi connectivity index (χ0) is 39.8. The van der Waals surface area contributed by atoms with E-state index in [0.717, 1.165) is 44.8 Å². The van der Waals surface area contributed by atoms with Gasteiger partial charge in [-0.1, -0.05) is 206 Å².